The molecule has 1 aliphatic carbocycles. The van der Waals surface area contributed by atoms with Crippen molar-refractivity contribution in [3.05, 3.63) is 34.8 Å². The largest absolute Gasteiger partial charge is 0.494 e. The highest BCUT2D eigenvalue weighted by molar-refractivity contribution is 7.15. The maximum Gasteiger partial charge on any atom is 0.309 e. The predicted octanol–water partition coefficient (Wildman–Crippen LogP) is 3.23. The van der Waals surface area contributed by atoms with Gasteiger partial charge in [-0.3, -0.25) is 14.9 Å². The van der Waals surface area contributed by atoms with E-state index >= 15 is 0 Å². The summed E-state index contributed by atoms with van der Waals surface area (Å²) in [5, 5.41) is 3.31. The summed E-state index contributed by atoms with van der Waals surface area (Å²) in [6.07, 6.45) is 2.06. The number of aromatic nitrogens is 1. The number of carbonyl (C=O) groups is 2. The van der Waals surface area contributed by atoms with Crippen molar-refractivity contribution < 1.29 is 23.8 Å². The summed E-state index contributed by atoms with van der Waals surface area (Å²) < 4.78 is 16.0. The van der Waals surface area contributed by atoms with Gasteiger partial charge in [0.25, 0.3) is 5.91 Å². The number of nitrogens with one attached hydrogen (secondary N) is 1. The van der Waals surface area contributed by atoms with Crippen molar-refractivity contribution >= 4 is 28.3 Å². The number of benzene rings is 1. The summed E-state index contributed by atoms with van der Waals surface area (Å²) in [7, 11) is 0. The monoisotopic (exact) mass is 404 g/mol. The molecule has 0 radical (unpaired) electrons. The number of thiazole rings is 1. The van der Waals surface area contributed by atoms with Crippen LogP contribution in [0.5, 0.6) is 11.5 Å². The zero-order valence-electron chi connectivity index (χ0n) is 16.0. The minimum atomic E-state index is -0.276. The van der Waals surface area contributed by atoms with Crippen LogP contribution in [0.2, 0.25) is 0 Å². The van der Waals surface area contributed by atoms with Crippen LogP contribution < -0.4 is 14.8 Å². The molecule has 1 amide bonds. The van der Waals surface area contributed by atoms with Gasteiger partial charge < -0.3 is 14.2 Å². The Labute approximate surface area is 168 Å². The number of hydrogen-bond acceptors (Lipinski definition) is 7. The van der Waals surface area contributed by atoms with E-state index in [1.807, 2.05) is 13.8 Å². The third kappa shape index (κ3) is 5.22. The first-order valence-electron chi connectivity index (χ1n) is 9.39. The van der Waals surface area contributed by atoms with Crippen molar-refractivity contribution in [2.75, 3.05) is 25.1 Å². The van der Waals surface area contributed by atoms with Crippen LogP contribution in [0, 0.1) is 5.92 Å². The van der Waals surface area contributed by atoms with E-state index in [1.165, 1.54) is 11.3 Å². The van der Waals surface area contributed by atoms with Crippen LogP contribution in [-0.4, -0.2) is 36.7 Å². The molecule has 0 bridgehead atoms. The third-order valence-corrected chi connectivity index (χ3v) is 5.35. The van der Waals surface area contributed by atoms with Gasteiger partial charge in [0, 0.05) is 4.88 Å². The van der Waals surface area contributed by atoms with Crippen molar-refractivity contribution in [2.45, 2.75) is 33.1 Å². The average molecular weight is 404 g/mol. The number of fused-ring (bicyclic) bond motifs is 1. The van der Waals surface area contributed by atoms with Gasteiger partial charge in [0.1, 0.15) is 11.5 Å². The summed E-state index contributed by atoms with van der Waals surface area (Å²) in [6, 6.07) is 7.11. The zero-order valence-corrected chi connectivity index (χ0v) is 16.8. The Morgan fingerprint density at radius 2 is 1.86 bits per heavy atom. The first kappa shape index (κ1) is 20.1. The van der Waals surface area contributed by atoms with E-state index in [0.717, 1.165) is 22.7 Å². The van der Waals surface area contributed by atoms with Gasteiger partial charge in [0.2, 0.25) is 0 Å². The third-order valence-electron chi connectivity index (χ3n) is 4.31. The molecule has 1 aromatic heterocycles. The number of anilines is 1. The van der Waals surface area contributed by atoms with Crippen LogP contribution in [0.4, 0.5) is 5.13 Å². The van der Waals surface area contributed by atoms with Gasteiger partial charge in [-0.05, 0) is 57.4 Å². The fraction of sp³-hybridized carbons (Fsp3) is 0.450. The van der Waals surface area contributed by atoms with Crippen LogP contribution in [0.25, 0.3) is 0 Å². The van der Waals surface area contributed by atoms with Crippen LogP contribution >= 0.6 is 11.3 Å². The predicted molar refractivity (Wildman–Crippen MR) is 106 cm³/mol. The second-order valence-corrected chi connectivity index (χ2v) is 7.41. The number of rotatable bonds is 8. The molecule has 150 valence electrons. The van der Waals surface area contributed by atoms with Crippen LogP contribution in [0.15, 0.2) is 24.3 Å². The number of ether oxygens (including phenoxy) is 3. The number of amides is 1. The lowest BCUT2D eigenvalue weighted by atomic mass is 9.91. The fourth-order valence-electron chi connectivity index (χ4n) is 2.99. The van der Waals surface area contributed by atoms with E-state index in [4.69, 9.17) is 14.2 Å². The Morgan fingerprint density at radius 3 is 2.54 bits per heavy atom. The molecule has 1 aromatic carbocycles. The van der Waals surface area contributed by atoms with E-state index in [-0.39, 0.29) is 24.4 Å². The summed E-state index contributed by atoms with van der Waals surface area (Å²) in [6.45, 7) is 4.61. The summed E-state index contributed by atoms with van der Waals surface area (Å²) in [4.78, 5) is 29.6. The van der Waals surface area contributed by atoms with Crippen molar-refractivity contribution in [1.29, 1.82) is 0 Å². The number of nitrogens with zero attached hydrogens (tertiary/aromatic N) is 1. The van der Waals surface area contributed by atoms with Crippen molar-refractivity contribution in [2.24, 2.45) is 5.92 Å². The van der Waals surface area contributed by atoms with Crippen molar-refractivity contribution in [3.63, 3.8) is 0 Å². The first-order chi connectivity index (χ1) is 13.6. The van der Waals surface area contributed by atoms with Crippen molar-refractivity contribution in [1.82, 2.24) is 4.98 Å². The highest BCUT2D eigenvalue weighted by Gasteiger charge is 2.28. The molecule has 1 heterocycles. The van der Waals surface area contributed by atoms with Gasteiger partial charge in [0.05, 0.1) is 24.8 Å². The molecule has 1 aliphatic rings. The maximum absolute atomic E-state index is 12.2. The van der Waals surface area contributed by atoms with E-state index in [1.54, 1.807) is 24.3 Å². The van der Waals surface area contributed by atoms with Crippen LogP contribution in [0.3, 0.4) is 0 Å². The Kier molecular flexibility index (Phi) is 6.86. The maximum atomic E-state index is 12.2. The van der Waals surface area contributed by atoms with Gasteiger partial charge in [-0.15, -0.1) is 11.3 Å². The van der Waals surface area contributed by atoms with Gasteiger partial charge >= 0.3 is 5.97 Å². The SMILES string of the molecule is CCOC(=O)C1CCc2nc(NC(=O)COc3ccc(OCC)cc3)sc2C1. The fourth-order valence-corrected chi connectivity index (χ4v) is 4.10. The Bertz CT molecular complexity index is 819. The molecule has 2 aromatic rings. The van der Waals surface area contributed by atoms with Gasteiger partial charge in [0.15, 0.2) is 11.7 Å². The summed E-state index contributed by atoms with van der Waals surface area (Å²) in [5.74, 6) is 0.792. The highest BCUT2D eigenvalue weighted by Crippen LogP contribution is 2.33. The van der Waals surface area contributed by atoms with E-state index in [9.17, 15) is 9.59 Å². The Morgan fingerprint density at radius 1 is 1.14 bits per heavy atom. The molecular formula is C20H24N2O5S. The van der Waals surface area contributed by atoms with E-state index in [0.29, 0.717) is 36.9 Å². The molecule has 0 saturated carbocycles. The lowest BCUT2D eigenvalue weighted by Crippen LogP contribution is -2.24. The van der Waals surface area contributed by atoms with Gasteiger partial charge in [-0.2, -0.15) is 0 Å². The minimum Gasteiger partial charge on any atom is -0.494 e. The van der Waals surface area contributed by atoms with Crippen molar-refractivity contribution in [3.8, 4) is 11.5 Å². The number of aryl methyl sites for hydroxylation is 1. The van der Waals surface area contributed by atoms with E-state index in [2.05, 4.69) is 10.3 Å². The smallest absolute Gasteiger partial charge is 0.309 e. The average Bonchev–Trinajstić information content (AvgIpc) is 3.09. The zero-order chi connectivity index (χ0) is 19.9. The van der Waals surface area contributed by atoms with E-state index < -0.39 is 0 Å². The quantitative estimate of drug-likeness (QED) is 0.680. The first-order valence-corrected chi connectivity index (χ1v) is 10.2. The van der Waals surface area contributed by atoms with Gasteiger partial charge in [-0.1, -0.05) is 0 Å². The normalized spacial score (nSPS) is 15.4. The molecule has 1 unspecified atom stereocenters. The molecule has 8 heteroatoms. The topological polar surface area (TPSA) is 86.8 Å². The summed E-state index contributed by atoms with van der Waals surface area (Å²) >= 11 is 1.41. The van der Waals surface area contributed by atoms with Crippen LogP contribution in [0.1, 0.15) is 30.8 Å². The number of hydrogen-bond donors (Lipinski definition) is 1. The summed E-state index contributed by atoms with van der Waals surface area (Å²) in [5.41, 5.74) is 0.952. The lowest BCUT2D eigenvalue weighted by molar-refractivity contribution is -0.148. The molecule has 3 rings (SSSR count). The minimum absolute atomic E-state index is 0.107. The molecule has 0 saturated heterocycles. The molecular weight excluding hydrogens is 380 g/mol. The molecule has 0 spiro atoms. The Hall–Kier alpha value is -2.61. The second kappa shape index (κ2) is 9.54. The number of esters is 1. The molecule has 28 heavy (non-hydrogen) atoms. The van der Waals surface area contributed by atoms with Gasteiger partial charge in [-0.25, -0.2) is 4.98 Å². The Balaban J connectivity index is 1.50. The standard InChI is InChI=1S/C20H24N2O5S/c1-3-25-14-6-8-15(9-7-14)27-12-18(23)22-20-21-16-10-5-13(11-17(16)28-20)19(24)26-4-2/h6-9,13H,3-5,10-12H2,1-2H3,(H,21,22,23). The molecule has 0 fully saturated rings. The molecule has 7 nitrogen and oxygen atoms in total. The lowest BCUT2D eigenvalue weighted by Gasteiger charge is -2.18. The van der Waals surface area contributed by atoms with Crippen LogP contribution in [-0.2, 0) is 27.2 Å². The molecule has 0 aliphatic heterocycles. The second-order valence-electron chi connectivity index (χ2n) is 6.32. The molecule has 1 atom stereocenters. The highest BCUT2D eigenvalue weighted by atomic mass is 32.1. The molecule has 1 N–H and O–H groups in total. The number of carbonyl (C=O) groups excluding carboxylic acids is 2.